The van der Waals surface area contributed by atoms with Crippen LogP contribution < -0.4 is 5.56 Å². The number of amides is 1. The minimum atomic E-state index is -0.359. The van der Waals surface area contributed by atoms with Crippen LogP contribution in [0.3, 0.4) is 0 Å². The Bertz CT molecular complexity index is 1250. The number of ether oxygens (including phenoxy) is 1. The van der Waals surface area contributed by atoms with Crippen molar-refractivity contribution in [2.24, 2.45) is 0 Å². The number of rotatable bonds is 6. The van der Waals surface area contributed by atoms with E-state index in [1.54, 1.807) is 54.5 Å². The van der Waals surface area contributed by atoms with Gasteiger partial charge in [0.05, 0.1) is 28.9 Å². The molecule has 8 heteroatoms. The zero-order valence-electron chi connectivity index (χ0n) is 15.6. The topological polar surface area (TPSA) is 75.3 Å². The monoisotopic (exact) mass is 411 g/mol. The number of nitrogens with one attached hydrogen (secondary N) is 1. The van der Waals surface area contributed by atoms with Crippen molar-refractivity contribution in [1.82, 2.24) is 14.9 Å². The number of carbonyl (C=O) groups is 1. The second-order valence-corrected chi connectivity index (χ2v) is 7.60. The second kappa shape index (κ2) is 8.10. The zero-order valence-corrected chi connectivity index (χ0v) is 16.5. The van der Waals surface area contributed by atoms with E-state index in [0.29, 0.717) is 44.8 Å². The van der Waals surface area contributed by atoms with Gasteiger partial charge in [-0.05, 0) is 30.3 Å². The van der Waals surface area contributed by atoms with Gasteiger partial charge in [-0.15, -0.1) is 11.3 Å². The molecule has 148 valence electrons. The van der Waals surface area contributed by atoms with Crippen LogP contribution in [0.15, 0.2) is 53.3 Å². The Hall–Kier alpha value is -3.10. The molecule has 0 bridgehead atoms. The SMILES string of the molecule is COCCN(Cc1nc2ccccc2c(=O)[nH]1)C(=O)c1cc2c(F)cccc2s1. The van der Waals surface area contributed by atoms with Crippen molar-refractivity contribution in [2.45, 2.75) is 6.54 Å². The molecule has 0 saturated carbocycles. The number of methoxy groups -OCH3 is 1. The van der Waals surface area contributed by atoms with Gasteiger partial charge in [0.1, 0.15) is 11.6 Å². The quantitative estimate of drug-likeness (QED) is 0.526. The van der Waals surface area contributed by atoms with E-state index < -0.39 is 0 Å². The Balaban J connectivity index is 1.67. The van der Waals surface area contributed by atoms with Gasteiger partial charge in [0.15, 0.2) is 0 Å². The summed E-state index contributed by atoms with van der Waals surface area (Å²) in [5.41, 5.74) is 0.308. The predicted octanol–water partition coefficient (Wildman–Crippen LogP) is 3.57. The van der Waals surface area contributed by atoms with E-state index >= 15 is 0 Å². The predicted molar refractivity (Wildman–Crippen MR) is 111 cm³/mol. The van der Waals surface area contributed by atoms with Gasteiger partial charge in [-0.1, -0.05) is 18.2 Å². The summed E-state index contributed by atoms with van der Waals surface area (Å²) in [5.74, 6) is -0.245. The number of aromatic amines is 1. The van der Waals surface area contributed by atoms with Crippen molar-refractivity contribution in [3.63, 3.8) is 0 Å². The van der Waals surface area contributed by atoms with Gasteiger partial charge >= 0.3 is 0 Å². The van der Waals surface area contributed by atoms with Crippen molar-refractivity contribution in [1.29, 1.82) is 0 Å². The van der Waals surface area contributed by atoms with Crippen molar-refractivity contribution in [3.8, 4) is 0 Å². The average Bonchev–Trinajstić information content (AvgIpc) is 3.16. The Morgan fingerprint density at radius 1 is 1.21 bits per heavy atom. The molecule has 0 spiro atoms. The third-order valence-electron chi connectivity index (χ3n) is 4.57. The molecule has 2 heterocycles. The molecule has 0 unspecified atom stereocenters. The van der Waals surface area contributed by atoms with Crippen LogP contribution in [-0.2, 0) is 11.3 Å². The molecule has 6 nitrogen and oxygen atoms in total. The van der Waals surface area contributed by atoms with E-state index in [1.807, 2.05) is 0 Å². The van der Waals surface area contributed by atoms with Crippen LogP contribution in [0.5, 0.6) is 0 Å². The van der Waals surface area contributed by atoms with Crippen molar-refractivity contribution >= 4 is 38.2 Å². The number of hydrogen-bond acceptors (Lipinski definition) is 5. The van der Waals surface area contributed by atoms with Crippen molar-refractivity contribution in [2.75, 3.05) is 20.3 Å². The van der Waals surface area contributed by atoms with E-state index in [2.05, 4.69) is 9.97 Å². The number of benzene rings is 2. The lowest BCUT2D eigenvalue weighted by molar-refractivity contribution is 0.0680. The molecule has 1 N–H and O–H groups in total. The summed E-state index contributed by atoms with van der Waals surface area (Å²) in [6, 6.07) is 13.4. The van der Waals surface area contributed by atoms with Crippen LogP contribution in [0.25, 0.3) is 21.0 Å². The molecule has 0 aliphatic heterocycles. The number of H-pyrrole nitrogens is 1. The lowest BCUT2D eigenvalue weighted by Gasteiger charge is -2.21. The molecule has 0 saturated heterocycles. The number of hydrogen-bond donors (Lipinski definition) is 1. The lowest BCUT2D eigenvalue weighted by Crippen LogP contribution is -2.34. The minimum absolute atomic E-state index is 0.110. The van der Waals surface area contributed by atoms with Crippen LogP contribution in [0.4, 0.5) is 4.39 Å². The number of aromatic nitrogens is 2. The molecule has 29 heavy (non-hydrogen) atoms. The summed E-state index contributed by atoms with van der Waals surface area (Å²) in [5, 5.41) is 0.913. The number of halogens is 1. The second-order valence-electron chi connectivity index (χ2n) is 6.51. The van der Waals surface area contributed by atoms with E-state index in [4.69, 9.17) is 4.74 Å². The van der Waals surface area contributed by atoms with E-state index in [1.165, 1.54) is 17.4 Å². The number of thiophene rings is 1. The van der Waals surface area contributed by atoms with Crippen LogP contribution in [0.2, 0.25) is 0 Å². The highest BCUT2D eigenvalue weighted by atomic mass is 32.1. The molecule has 0 fully saturated rings. The summed E-state index contributed by atoms with van der Waals surface area (Å²) >= 11 is 1.23. The third kappa shape index (κ3) is 3.90. The Kier molecular flexibility index (Phi) is 5.37. The van der Waals surface area contributed by atoms with Gasteiger partial charge in [-0.2, -0.15) is 0 Å². The van der Waals surface area contributed by atoms with Gasteiger partial charge in [0.2, 0.25) is 0 Å². The van der Waals surface area contributed by atoms with Gasteiger partial charge in [-0.3, -0.25) is 9.59 Å². The minimum Gasteiger partial charge on any atom is -0.383 e. The maximum Gasteiger partial charge on any atom is 0.264 e. The summed E-state index contributed by atoms with van der Waals surface area (Å²) in [6.07, 6.45) is 0. The molecule has 4 aromatic rings. The van der Waals surface area contributed by atoms with Gasteiger partial charge < -0.3 is 14.6 Å². The molecule has 0 aliphatic carbocycles. The summed E-state index contributed by atoms with van der Waals surface area (Å²) in [6.45, 7) is 0.740. The van der Waals surface area contributed by atoms with Gasteiger partial charge in [0, 0.05) is 23.7 Å². The van der Waals surface area contributed by atoms with E-state index in [-0.39, 0.29) is 23.8 Å². The van der Waals surface area contributed by atoms with Crippen molar-refractivity contribution < 1.29 is 13.9 Å². The first kappa shape index (κ1) is 19.2. The highest BCUT2D eigenvalue weighted by Gasteiger charge is 2.20. The Morgan fingerprint density at radius 3 is 2.83 bits per heavy atom. The number of nitrogens with zero attached hydrogens (tertiary/aromatic N) is 2. The molecule has 0 aliphatic rings. The standard InChI is InChI=1S/C21H18FN3O3S/c1-28-10-9-25(12-19-23-16-7-3-2-5-13(16)20(26)24-19)21(27)18-11-14-15(22)6-4-8-17(14)29-18/h2-8,11H,9-10,12H2,1H3,(H,23,24,26). The molecule has 2 aromatic carbocycles. The maximum absolute atomic E-state index is 14.0. The molecule has 0 atom stereocenters. The lowest BCUT2D eigenvalue weighted by atomic mass is 10.2. The number of fused-ring (bicyclic) bond motifs is 2. The highest BCUT2D eigenvalue weighted by Crippen LogP contribution is 2.28. The van der Waals surface area contributed by atoms with Crippen molar-refractivity contribution in [3.05, 3.63) is 75.4 Å². The normalized spacial score (nSPS) is 11.2. The first-order chi connectivity index (χ1) is 14.1. The Labute approximate surface area is 169 Å². The molecular weight excluding hydrogens is 393 g/mol. The highest BCUT2D eigenvalue weighted by molar-refractivity contribution is 7.20. The number of carbonyl (C=O) groups excluding carboxylic acids is 1. The fourth-order valence-electron chi connectivity index (χ4n) is 3.13. The van der Waals surface area contributed by atoms with E-state index in [9.17, 15) is 14.0 Å². The van der Waals surface area contributed by atoms with Crippen LogP contribution in [-0.4, -0.2) is 41.0 Å². The molecular formula is C21H18FN3O3S. The van der Waals surface area contributed by atoms with Gasteiger partial charge in [0.25, 0.3) is 11.5 Å². The van der Waals surface area contributed by atoms with Crippen LogP contribution in [0.1, 0.15) is 15.5 Å². The van der Waals surface area contributed by atoms with E-state index in [0.717, 1.165) is 0 Å². The number of para-hydroxylation sites is 1. The zero-order chi connectivity index (χ0) is 20.4. The first-order valence-corrected chi connectivity index (χ1v) is 9.82. The third-order valence-corrected chi connectivity index (χ3v) is 5.66. The Morgan fingerprint density at radius 2 is 2.03 bits per heavy atom. The fraction of sp³-hybridized carbons (Fsp3) is 0.190. The first-order valence-electron chi connectivity index (χ1n) is 9.01. The molecule has 1 amide bonds. The fourth-order valence-corrected chi connectivity index (χ4v) is 4.17. The summed E-state index contributed by atoms with van der Waals surface area (Å²) in [7, 11) is 1.55. The van der Waals surface area contributed by atoms with Crippen LogP contribution in [0, 0.1) is 5.82 Å². The molecule has 4 rings (SSSR count). The summed E-state index contributed by atoms with van der Waals surface area (Å²) < 4.78 is 19.8. The van der Waals surface area contributed by atoms with Crippen LogP contribution >= 0.6 is 11.3 Å². The largest absolute Gasteiger partial charge is 0.383 e. The molecule has 2 aromatic heterocycles. The molecule has 0 radical (unpaired) electrons. The summed E-state index contributed by atoms with van der Waals surface area (Å²) in [4.78, 5) is 34.6. The maximum atomic E-state index is 14.0. The average molecular weight is 411 g/mol. The van der Waals surface area contributed by atoms with Gasteiger partial charge in [-0.25, -0.2) is 9.37 Å². The smallest absolute Gasteiger partial charge is 0.264 e.